The van der Waals surface area contributed by atoms with Gasteiger partial charge in [0, 0.05) is 12.6 Å². The van der Waals surface area contributed by atoms with Crippen LogP contribution in [-0.2, 0) is 11.2 Å². The van der Waals surface area contributed by atoms with E-state index in [2.05, 4.69) is 0 Å². The number of aryl methyl sites for hydroxylation is 1. The first-order valence-electron chi connectivity index (χ1n) is 7.49. The number of Topliss-reactive ketones (excluding diaryl/α,β-unsaturated/α-hetero) is 1. The summed E-state index contributed by atoms with van der Waals surface area (Å²) >= 11 is 0. The second kappa shape index (κ2) is 7.18. The summed E-state index contributed by atoms with van der Waals surface area (Å²) in [6, 6.07) is 12.5. The molecule has 0 aliphatic carbocycles. The molecule has 1 amide bonds. The molecular formula is C19H20FNO2. The molecule has 0 aromatic heterocycles. The summed E-state index contributed by atoms with van der Waals surface area (Å²) in [4.78, 5) is 26.2. The van der Waals surface area contributed by atoms with Gasteiger partial charge in [-0.2, -0.15) is 0 Å². The lowest BCUT2D eigenvalue weighted by molar-refractivity contribution is -0.130. The van der Waals surface area contributed by atoms with Gasteiger partial charge in [-0.25, -0.2) is 4.39 Å². The summed E-state index contributed by atoms with van der Waals surface area (Å²) in [7, 11) is 1.61. The van der Waals surface area contributed by atoms with Crippen LogP contribution in [0.5, 0.6) is 0 Å². The first kappa shape index (κ1) is 16.9. The molecular weight excluding hydrogens is 293 g/mol. The Labute approximate surface area is 135 Å². The van der Waals surface area contributed by atoms with Gasteiger partial charge in [-0.15, -0.1) is 0 Å². The number of nitrogens with zero attached hydrogens (tertiary/aromatic N) is 1. The van der Waals surface area contributed by atoms with Gasteiger partial charge in [0.25, 0.3) is 0 Å². The summed E-state index contributed by atoms with van der Waals surface area (Å²) in [5.41, 5.74) is 2.39. The Bertz CT molecular complexity index is 692. The van der Waals surface area contributed by atoms with Gasteiger partial charge in [-0.1, -0.05) is 42.0 Å². The number of halogens is 1. The maximum atomic E-state index is 12.9. The average molecular weight is 313 g/mol. The maximum absolute atomic E-state index is 12.9. The number of hydrogen-bond donors (Lipinski definition) is 0. The third kappa shape index (κ3) is 4.25. The first-order chi connectivity index (χ1) is 10.9. The maximum Gasteiger partial charge on any atom is 0.227 e. The van der Waals surface area contributed by atoms with E-state index in [0.29, 0.717) is 5.56 Å². The van der Waals surface area contributed by atoms with Crippen molar-refractivity contribution in [3.63, 3.8) is 0 Å². The van der Waals surface area contributed by atoms with E-state index in [1.807, 2.05) is 19.1 Å². The third-order valence-electron chi connectivity index (χ3n) is 3.96. The van der Waals surface area contributed by atoms with E-state index in [1.165, 1.54) is 17.0 Å². The molecule has 0 aliphatic heterocycles. The van der Waals surface area contributed by atoms with Crippen LogP contribution in [0.15, 0.2) is 48.5 Å². The fourth-order valence-corrected chi connectivity index (χ4v) is 2.25. The van der Waals surface area contributed by atoms with Crippen molar-refractivity contribution in [2.45, 2.75) is 26.3 Å². The number of carbonyl (C=O) groups excluding carboxylic acids is 2. The molecule has 1 unspecified atom stereocenters. The fourth-order valence-electron chi connectivity index (χ4n) is 2.25. The molecule has 0 radical (unpaired) electrons. The van der Waals surface area contributed by atoms with Crippen LogP contribution in [0.1, 0.15) is 28.4 Å². The van der Waals surface area contributed by atoms with E-state index in [1.54, 1.807) is 38.2 Å². The van der Waals surface area contributed by atoms with E-state index < -0.39 is 6.04 Å². The summed E-state index contributed by atoms with van der Waals surface area (Å²) in [5.74, 6) is -0.609. The molecule has 0 saturated carbocycles. The number of rotatable bonds is 5. The smallest absolute Gasteiger partial charge is 0.227 e. The summed E-state index contributed by atoms with van der Waals surface area (Å²) in [6.07, 6.45) is 0.141. The molecule has 0 heterocycles. The van der Waals surface area contributed by atoms with Crippen molar-refractivity contribution >= 4 is 11.7 Å². The SMILES string of the molecule is Cc1ccc(C(=O)C(C)N(C)C(=O)Cc2ccc(F)cc2)cc1. The molecule has 0 saturated heterocycles. The lowest BCUT2D eigenvalue weighted by Gasteiger charge is -2.24. The van der Waals surface area contributed by atoms with Crippen molar-refractivity contribution < 1.29 is 14.0 Å². The Balaban J connectivity index is 2.04. The zero-order valence-corrected chi connectivity index (χ0v) is 13.5. The van der Waals surface area contributed by atoms with Crippen molar-refractivity contribution in [2.24, 2.45) is 0 Å². The molecule has 0 bridgehead atoms. The van der Waals surface area contributed by atoms with Crippen molar-refractivity contribution in [3.8, 4) is 0 Å². The Morgan fingerprint density at radius 3 is 2.17 bits per heavy atom. The quantitative estimate of drug-likeness (QED) is 0.793. The van der Waals surface area contributed by atoms with E-state index in [4.69, 9.17) is 0 Å². The highest BCUT2D eigenvalue weighted by atomic mass is 19.1. The van der Waals surface area contributed by atoms with Crippen LogP contribution in [0.4, 0.5) is 4.39 Å². The van der Waals surface area contributed by atoms with Gasteiger partial charge in [0.2, 0.25) is 5.91 Å². The second-order valence-electron chi connectivity index (χ2n) is 5.71. The van der Waals surface area contributed by atoms with Crippen molar-refractivity contribution in [3.05, 3.63) is 71.0 Å². The molecule has 2 aromatic carbocycles. The Morgan fingerprint density at radius 2 is 1.61 bits per heavy atom. The second-order valence-corrected chi connectivity index (χ2v) is 5.71. The molecule has 1 atom stereocenters. The Kier molecular flexibility index (Phi) is 5.27. The molecule has 2 rings (SSSR count). The number of amides is 1. The number of carbonyl (C=O) groups is 2. The lowest BCUT2D eigenvalue weighted by Crippen LogP contribution is -2.41. The van der Waals surface area contributed by atoms with Crippen LogP contribution in [0, 0.1) is 12.7 Å². The largest absolute Gasteiger partial charge is 0.335 e. The van der Waals surface area contributed by atoms with E-state index in [-0.39, 0.29) is 23.9 Å². The Hall–Kier alpha value is -2.49. The van der Waals surface area contributed by atoms with Gasteiger partial charge in [0.05, 0.1) is 12.5 Å². The van der Waals surface area contributed by atoms with E-state index in [9.17, 15) is 14.0 Å². The first-order valence-corrected chi connectivity index (χ1v) is 7.49. The standard InChI is InChI=1S/C19H20FNO2/c1-13-4-8-16(9-5-13)19(23)14(2)21(3)18(22)12-15-6-10-17(20)11-7-15/h4-11,14H,12H2,1-3H3. The monoisotopic (exact) mass is 313 g/mol. The normalized spacial score (nSPS) is 11.8. The summed E-state index contributed by atoms with van der Waals surface area (Å²) in [6.45, 7) is 3.67. The van der Waals surface area contributed by atoms with Crippen LogP contribution in [0.25, 0.3) is 0 Å². The minimum absolute atomic E-state index is 0.0973. The molecule has 4 heteroatoms. The van der Waals surface area contributed by atoms with Gasteiger partial charge in [-0.3, -0.25) is 9.59 Å². The third-order valence-corrected chi connectivity index (χ3v) is 3.96. The van der Waals surface area contributed by atoms with Gasteiger partial charge in [0.1, 0.15) is 5.82 Å². The number of likely N-dealkylation sites (N-methyl/N-ethyl adjacent to an activating group) is 1. The van der Waals surface area contributed by atoms with Crippen LogP contribution in [0.3, 0.4) is 0 Å². The molecule has 2 aromatic rings. The topological polar surface area (TPSA) is 37.4 Å². The van der Waals surface area contributed by atoms with Gasteiger partial charge in [-0.05, 0) is 31.5 Å². The fraction of sp³-hybridized carbons (Fsp3) is 0.263. The molecule has 0 aliphatic rings. The minimum atomic E-state index is -0.550. The number of hydrogen-bond acceptors (Lipinski definition) is 2. The lowest BCUT2D eigenvalue weighted by atomic mass is 10.0. The number of ketones is 1. The van der Waals surface area contributed by atoms with E-state index >= 15 is 0 Å². The average Bonchev–Trinajstić information content (AvgIpc) is 2.55. The predicted octanol–water partition coefficient (Wildman–Crippen LogP) is 3.41. The van der Waals surface area contributed by atoms with Crippen LogP contribution in [0.2, 0.25) is 0 Å². The zero-order valence-electron chi connectivity index (χ0n) is 13.5. The van der Waals surface area contributed by atoms with Crippen molar-refractivity contribution in [2.75, 3.05) is 7.05 Å². The van der Waals surface area contributed by atoms with Gasteiger partial charge in [0.15, 0.2) is 5.78 Å². The molecule has 120 valence electrons. The zero-order chi connectivity index (χ0) is 17.0. The molecule has 0 spiro atoms. The van der Waals surface area contributed by atoms with Crippen LogP contribution in [-0.4, -0.2) is 29.7 Å². The molecule has 23 heavy (non-hydrogen) atoms. The number of benzene rings is 2. The summed E-state index contributed by atoms with van der Waals surface area (Å²) in [5, 5.41) is 0. The van der Waals surface area contributed by atoms with Gasteiger partial charge >= 0.3 is 0 Å². The van der Waals surface area contributed by atoms with Crippen molar-refractivity contribution in [1.29, 1.82) is 0 Å². The minimum Gasteiger partial charge on any atom is -0.335 e. The summed E-state index contributed by atoms with van der Waals surface area (Å²) < 4.78 is 12.9. The molecule has 0 fully saturated rings. The highest BCUT2D eigenvalue weighted by Crippen LogP contribution is 2.12. The molecule has 0 N–H and O–H groups in total. The highest BCUT2D eigenvalue weighted by Gasteiger charge is 2.23. The van der Waals surface area contributed by atoms with Gasteiger partial charge < -0.3 is 4.90 Å². The van der Waals surface area contributed by atoms with Crippen molar-refractivity contribution in [1.82, 2.24) is 4.90 Å². The highest BCUT2D eigenvalue weighted by molar-refractivity contribution is 6.01. The van der Waals surface area contributed by atoms with E-state index in [0.717, 1.165) is 11.1 Å². The molecule has 3 nitrogen and oxygen atoms in total. The predicted molar refractivity (Wildman–Crippen MR) is 87.8 cm³/mol. The van der Waals surface area contributed by atoms with Crippen LogP contribution < -0.4 is 0 Å². The Morgan fingerprint density at radius 1 is 1.04 bits per heavy atom. The van der Waals surface area contributed by atoms with Crippen LogP contribution >= 0.6 is 0 Å².